The fraction of sp³-hybridized carbons (Fsp3) is 0.238. The summed E-state index contributed by atoms with van der Waals surface area (Å²) in [7, 11) is 1.97. The van der Waals surface area contributed by atoms with Crippen molar-refractivity contribution in [2.45, 2.75) is 13.0 Å². The maximum Gasteiger partial charge on any atom is 0.135 e. The first kappa shape index (κ1) is 16.3. The summed E-state index contributed by atoms with van der Waals surface area (Å²) in [5.41, 5.74) is 4.77. The van der Waals surface area contributed by atoms with Crippen LogP contribution in [0.15, 0.2) is 53.9 Å². The summed E-state index contributed by atoms with van der Waals surface area (Å²) in [6.07, 6.45) is 1.02. The van der Waals surface area contributed by atoms with Gasteiger partial charge in [0.2, 0.25) is 0 Å². The molecule has 0 amide bonds. The van der Waals surface area contributed by atoms with Gasteiger partial charge in [-0.25, -0.2) is 0 Å². The molecule has 0 spiro atoms. The van der Waals surface area contributed by atoms with Gasteiger partial charge >= 0.3 is 0 Å². The number of para-hydroxylation sites is 2. The Labute approximate surface area is 152 Å². The Hall–Kier alpha value is -2.14. The lowest BCUT2D eigenvalue weighted by Crippen LogP contribution is -2.10. The fourth-order valence-electron chi connectivity index (χ4n) is 3.17. The largest absolute Gasteiger partial charge is 0.456 e. The molecule has 2 aromatic carbocycles. The SMILES string of the molecule is CNCCCOCc1scc2c1-c1ccccc1Oc1ccccc1-2. The monoisotopic (exact) mass is 351 g/mol. The van der Waals surface area contributed by atoms with Crippen LogP contribution >= 0.6 is 11.3 Å². The average molecular weight is 351 g/mol. The first-order valence-corrected chi connectivity index (χ1v) is 9.46. The van der Waals surface area contributed by atoms with E-state index in [1.807, 2.05) is 31.3 Å². The molecule has 1 aliphatic heterocycles. The van der Waals surface area contributed by atoms with Gasteiger partial charge in [0.05, 0.1) is 6.61 Å². The summed E-state index contributed by atoms with van der Waals surface area (Å²) in [5, 5.41) is 5.38. The van der Waals surface area contributed by atoms with Crippen molar-refractivity contribution < 1.29 is 9.47 Å². The lowest BCUT2D eigenvalue weighted by Gasteiger charge is -2.10. The molecule has 0 atom stereocenters. The van der Waals surface area contributed by atoms with Crippen LogP contribution in [0.4, 0.5) is 0 Å². The number of rotatable bonds is 6. The number of benzene rings is 2. The lowest BCUT2D eigenvalue weighted by atomic mass is 9.97. The third kappa shape index (κ3) is 3.21. The summed E-state index contributed by atoms with van der Waals surface area (Å²) < 4.78 is 12.1. The first-order chi connectivity index (χ1) is 12.4. The third-order valence-corrected chi connectivity index (χ3v) is 5.33. The predicted octanol–water partition coefficient (Wildman–Crippen LogP) is 5.31. The zero-order valence-electron chi connectivity index (χ0n) is 14.2. The van der Waals surface area contributed by atoms with Crippen LogP contribution in [0.1, 0.15) is 11.3 Å². The Morgan fingerprint density at radius 2 is 1.68 bits per heavy atom. The molecule has 0 saturated carbocycles. The predicted molar refractivity (Wildman–Crippen MR) is 103 cm³/mol. The van der Waals surface area contributed by atoms with Gasteiger partial charge in [0.15, 0.2) is 0 Å². The summed E-state index contributed by atoms with van der Waals surface area (Å²) in [6.45, 7) is 2.38. The average Bonchev–Trinajstić information content (AvgIpc) is 3.00. The van der Waals surface area contributed by atoms with Crippen molar-refractivity contribution in [1.29, 1.82) is 0 Å². The molecular formula is C21H21NO2S. The Bertz CT molecular complexity index is 872. The van der Waals surface area contributed by atoms with Crippen LogP contribution in [0, 0.1) is 0 Å². The second kappa shape index (κ2) is 7.40. The Balaban J connectivity index is 1.73. The molecule has 0 fully saturated rings. The second-order valence-electron chi connectivity index (χ2n) is 6.05. The highest BCUT2D eigenvalue weighted by atomic mass is 32.1. The number of hydrogen-bond donors (Lipinski definition) is 1. The summed E-state index contributed by atoms with van der Waals surface area (Å²) in [5.74, 6) is 1.82. The molecule has 2 heterocycles. The van der Waals surface area contributed by atoms with Gasteiger partial charge in [0.1, 0.15) is 11.5 Å². The van der Waals surface area contributed by atoms with Crippen LogP contribution in [-0.2, 0) is 11.3 Å². The van der Waals surface area contributed by atoms with E-state index in [1.165, 1.54) is 16.0 Å². The van der Waals surface area contributed by atoms with E-state index >= 15 is 0 Å². The van der Waals surface area contributed by atoms with Gasteiger partial charge in [-0.3, -0.25) is 0 Å². The summed E-state index contributed by atoms with van der Waals surface area (Å²) in [6, 6.07) is 16.5. The molecule has 0 saturated heterocycles. The van der Waals surface area contributed by atoms with Crippen LogP contribution in [0.25, 0.3) is 22.3 Å². The van der Waals surface area contributed by atoms with Crippen molar-refractivity contribution in [2.75, 3.05) is 20.2 Å². The van der Waals surface area contributed by atoms with Crippen molar-refractivity contribution in [1.82, 2.24) is 5.32 Å². The molecular weight excluding hydrogens is 330 g/mol. The summed E-state index contributed by atoms with van der Waals surface area (Å²) >= 11 is 1.77. The van der Waals surface area contributed by atoms with Gasteiger partial charge in [-0.15, -0.1) is 11.3 Å². The van der Waals surface area contributed by atoms with Crippen LogP contribution in [0.2, 0.25) is 0 Å². The van der Waals surface area contributed by atoms with Gasteiger partial charge in [0, 0.05) is 33.7 Å². The maximum absolute atomic E-state index is 6.21. The van der Waals surface area contributed by atoms with E-state index in [-0.39, 0.29) is 0 Å². The van der Waals surface area contributed by atoms with Crippen LogP contribution in [0.5, 0.6) is 11.5 Å². The molecule has 1 N–H and O–H groups in total. The Morgan fingerprint density at radius 1 is 0.960 bits per heavy atom. The van der Waals surface area contributed by atoms with E-state index in [0.29, 0.717) is 6.61 Å². The van der Waals surface area contributed by atoms with Gasteiger partial charge in [-0.1, -0.05) is 36.4 Å². The normalized spacial score (nSPS) is 11.9. The molecule has 4 heteroatoms. The topological polar surface area (TPSA) is 30.5 Å². The first-order valence-electron chi connectivity index (χ1n) is 8.58. The summed E-state index contributed by atoms with van der Waals surface area (Å²) in [4.78, 5) is 1.26. The molecule has 0 bridgehead atoms. The van der Waals surface area contributed by atoms with Crippen LogP contribution < -0.4 is 10.1 Å². The number of ether oxygens (including phenoxy) is 2. The van der Waals surface area contributed by atoms with E-state index < -0.39 is 0 Å². The van der Waals surface area contributed by atoms with Crippen molar-refractivity contribution in [3.05, 3.63) is 58.8 Å². The maximum atomic E-state index is 6.21. The molecule has 25 heavy (non-hydrogen) atoms. The van der Waals surface area contributed by atoms with E-state index in [9.17, 15) is 0 Å². The molecule has 0 radical (unpaired) electrons. The van der Waals surface area contributed by atoms with Gasteiger partial charge in [0.25, 0.3) is 0 Å². The minimum absolute atomic E-state index is 0.639. The van der Waals surface area contributed by atoms with Gasteiger partial charge < -0.3 is 14.8 Å². The number of nitrogens with one attached hydrogen (secondary N) is 1. The number of thiophene rings is 1. The number of hydrogen-bond acceptors (Lipinski definition) is 4. The molecule has 128 valence electrons. The second-order valence-corrected chi connectivity index (χ2v) is 7.02. The molecule has 0 unspecified atom stereocenters. The molecule has 1 aromatic heterocycles. The lowest BCUT2D eigenvalue weighted by molar-refractivity contribution is 0.121. The van der Waals surface area contributed by atoms with E-state index in [4.69, 9.17) is 9.47 Å². The standard InChI is InChI=1S/C21H21NO2S/c1-22-11-6-12-23-13-20-21-16-8-3-5-10-19(16)24-18-9-4-2-7-15(18)17(21)14-25-20/h2-5,7-10,14,22H,6,11-13H2,1H3. The molecule has 4 rings (SSSR count). The number of fused-ring (bicyclic) bond motifs is 5. The molecule has 3 nitrogen and oxygen atoms in total. The van der Waals surface area contributed by atoms with Crippen molar-refractivity contribution >= 4 is 11.3 Å². The van der Waals surface area contributed by atoms with E-state index in [2.05, 4.69) is 35.0 Å². The highest BCUT2D eigenvalue weighted by Crippen LogP contribution is 2.49. The minimum atomic E-state index is 0.639. The minimum Gasteiger partial charge on any atom is -0.456 e. The van der Waals surface area contributed by atoms with Crippen molar-refractivity contribution in [3.63, 3.8) is 0 Å². The van der Waals surface area contributed by atoms with Crippen LogP contribution in [-0.4, -0.2) is 20.2 Å². The highest BCUT2D eigenvalue weighted by molar-refractivity contribution is 7.11. The van der Waals surface area contributed by atoms with E-state index in [0.717, 1.165) is 42.2 Å². The molecule has 0 aliphatic carbocycles. The van der Waals surface area contributed by atoms with Gasteiger partial charge in [-0.05, 0) is 37.5 Å². The third-order valence-electron chi connectivity index (χ3n) is 4.37. The zero-order chi connectivity index (χ0) is 17.1. The Kier molecular flexibility index (Phi) is 4.83. The highest BCUT2D eigenvalue weighted by Gasteiger charge is 2.24. The van der Waals surface area contributed by atoms with Crippen molar-refractivity contribution in [2.24, 2.45) is 0 Å². The van der Waals surface area contributed by atoms with Crippen molar-refractivity contribution in [3.8, 4) is 33.8 Å². The molecule has 3 aromatic rings. The molecule has 1 aliphatic rings. The van der Waals surface area contributed by atoms with E-state index in [1.54, 1.807) is 11.3 Å². The smallest absolute Gasteiger partial charge is 0.135 e. The van der Waals surface area contributed by atoms with Crippen LogP contribution in [0.3, 0.4) is 0 Å². The fourth-order valence-corrected chi connectivity index (χ4v) is 4.17. The zero-order valence-corrected chi connectivity index (χ0v) is 15.1. The quantitative estimate of drug-likeness (QED) is 0.477. The van der Waals surface area contributed by atoms with Gasteiger partial charge in [-0.2, -0.15) is 0 Å². The Morgan fingerprint density at radius 3 is 2.48 bits per heavy atom.